The molecule has 94 valence electrons. The molecule has 1 aliphatic heterocycles. The zero-order valence-electron chi connectivity index (χ0n) is 11.2. The third-order valence-electron chi connectivity index (χ3n) is 3.18. The Morgan fingerprint density at radius 1 is 1.31 bits per heavy atom. The molecule has 3 nitrogen and oxygen atoms in total. The first-order valence-corrected chi connectivity index (χ1v) is 6.37. The normalized spacial score (nSPS) is 25.9. The minimum absolute atomic E-state index is 0.143. The quantitative estimate of drug-likeness (QED) is 0.723. The maximum Gasteiger partial charge on any atom is 0.410 e. The summed E-state index contributed by atoms with van der Waals surface area (Å²) >= 11 is 0. The Bertz CT molecular complexity index is 245. The van der Waals surface area contributed by atoms with Crippen LogP contribution >= 0.6 is 0 Å². The zero-order chi connectivity index (χ0) is 12.3. The Morgan fingerprint density at radius 3 is 2.38 bits per heavy atom. The summed E-state index contributed by atoms with van der Waals surface area (Å²) in [5, 5.41) is 0. The van der Waals surface area contributed by atoms with Gasteiger partial charge >= 0.3 is 6.09 Å². The fourth-order valence-corrected chi connectivity index (χ4v) is 2.24. The van der Waals surface area contributed by atoms with E-state index in [1.807, 2.05) is 25.7 Å². The smallest absolute Gasteiger partial charge is 0.410 e. The maximum atomic E-state index is 12.0. The van der Waals surface area contributed by atoms with Crippen LogP contribution in [-0.2, 0) is 4.74 Å². The van der Waals surface area contributed by atoms with Crippen molar-refractivity contribution in [3.8, 4) is 0 Å². The highest BCUT2D eigenvalue weighted by Crippen LogP contribution is 2.28. The number of amides is 1. The van der Waals surface area contributed by atoms with E-state index < -0.39 is 0 Å². The van der Waals surface area contributed by atoms with E-state index in [0.29, 0.717) is 12.0 Å². The minimum Gasteiger partial charge on any atom is -0.444 e. The van der Waals surface area contributed by atoms with Crippen molar-refractivity contribution in [1.82, 2.24) is 4.90 Å². The number of ether oxygens (including phenoxy) is 1. The molecule has 0 bridgehead atoms. The van der Waals surface area contributed by atoms with Crippen molar-refractivity contribution in [1.29, 1.82) is 0 Å². The highest BCUT2D eigenvalue weighted by Gasteiger charge is 2.35. The van der Waals surface area contributed by atoms with Gasteiger partial charge in [-0.3, -0.25) is 0 Å². The molecule has 0 radical (unpaired) electrons. The predicted octanol–water partition coefficient (Wildman–Crippen LogP) is 3.43. The number of hydrogen-bond donors (Lipinski definition) is 0. The number of nitrogens with zero attached hydrogens (tertiary/aromatic N) is 1. The first-order chi connectivity index (χ1) is 7.37. The Labute approximate surface area is 99.1 Å². The van der Waals surface area contributed by atoms with Gasteiger partial charge in [-0.25, -0.2) is 4.79 Å². The molecule has 2 unspecified atom stereocenters. The number of hydrogen-bond acceptors (Lipinski definition) is 2. The van der Waals surface area contributed by atoms with Crippen molar-refractivity contribution in [2.24, 2.45) is 5.92 Å². The summed E-state index contributed by atoms with van der Waals surface area (Å²) in [4.78, 5) is 13.9. The fourth-order valence-electron chi connectivity index (χ4n) is 2.24. The molecule has 16 heavy (non-hydrogen) atoms. The van der Waals surface area contributed by atoms with E-state index in [1.165, 1.54) is 0 Å². The van der Waals surface area contributed by atoms with E-state index in [9.17, 15) is 4.79 Å². The molecule has 0 aromatic heterocycles. The first-order valence-electron chi connectivity index (χ1n) is 6.37. The van der Waals surface area contributed by atoms with Crippen LogP contribution in [0.4, 0.5) is 4.79 Å². The third kappa shape index (κ3) is 3.39. The second-order valence-electron chi connectivity index (χ2n) is 5.70. The highest BCUT2D eigenvalue weighted by atomic mass is 16.6. The molecular weight excluding hydrogens is 202 g/mol. The SMILES string of the molecule is CCC1CC(CC)N(C(=O)OC(C)(C)C)C1. The van der Waals surface area contributed by atoms with Crippen molar-refractivity contribution in [3.63, 3.8) is 0 Å². The van der Waals surface area contributed by atoms with Crippen LogP contribution in [-0.4, -0.2) is 29.2 Å². The average Bonchev–Trinajstić information content (AvgIpc) is 2.58. The Hall–Kier alpha value is -0.730. The molecule has 0 aromatic carbocycles. The largest absolute Gasteiger partial charge is 0.444 e. The molecular formula is C13H25NO2. The first kappa shape index (κ1) is 13.3. The summed E-state index contributed by atoms with van der Waals surface area (Å²) in [5.41, 5.74) is -0.389. The fraction of sp³-hybridized carbons (Fsp3) is 0.923. The Morgan fingerprint density at radius 2 is 1.94 bits per heavy atom. The van der Waals surface area contributed by atoms with Gasteiger partial charge in [-0.15, -0.1) is 0 Å². The summed E-state index contributed by atoms with van der Waals surface area (Å²) in [5.74, 6) is 0.650. The lowest BCUT2D eigenvalue weighted by molar-refractivity contribution is 0.0218. The average molecular weight is 227 g/mol. The van der Waals surface area contributed by atoms with Gasteiger partial charge in [0.15, 0.2) is 0 Å². The Balaban J connectivity index is 2.61. The molecule has 1 aliphatic rings. The second-order valence-corrected chi connectivity index (χ2v) is 5.70. The van der Waals surface area contributed by atoms with Crippen molar-refractivity contribution in [2.75, 3.05) is 6.54 Å². The van der Waals surface area contributed by atoms with E-state index in [2.05, 4.69) is 13.8 Å². The van der Waals surface area contributed by atoms with Gasteiger partial charge in [-0.1, -0.05) is 20.3 Å². The molecule has 0 N–H and O–H groups in total. The summed E-state index contributed by atoms with van der Waals surface area (Å²) in [6, 6.07) is 0.375. The molecule has 1 rings (SSSR count). The van der Waals surface area contributed by atoms with E-state index in [4.69, 9.17) is 4.74 Å². The third-order valence-corrected chi connectivity index (χ3v) is 3.18. The van der Waals surface area contributed by atoms with Crippen molar-refractivity contribution < 1.29 is 9.53 Å². The van der Waals surface area contributed by atoms with Gasteiger partial charge in [0.1, 0.15) is 5.60 Å². The van der Waals surface area contributed by atoms with E-state index in [-0.39, 0.29) is 11.7 Å². The number of rotatable bonds is 2. The van der Waals surface area contributed by atoms with E-state index >= 15 is 0 Å². The standard InChI is InChI=1S/C13H25NO2/c1-6-10-8-11(7-2)14(9-10)12(15)16-13(3,4)5/h10-11H,6-9H2,1-5H3. The summed E-state index contributed by atoms with van der Waals surface area (Å²) in [7, 11) is 0. The number of carbonyl (C=O) groups excluding carboxylic acids is 1. The van der Waals surface area contributed by atoms with Crippen LogP contribution in [0, 0.1) is 5.92 Å². The summed E-state index contributed by atoms with van der Waals surface area (Å²) < 4.78 is 5.43. The van der Waals surface area contributed by atoms with Crippen molar-refractivity contribution in [2.45, 2.75) is 65.5 Å². The van der Waals surface area contributed by atoms with E-state index in [0.717, 1.165) is 25.8 Å². The lowest BCUT2D eigenvalue weighted by Gasteiger charge is -2.28. The van der Waals surface area contributed by atoms with Crippen molar-refractivity contribution in [3.05, 3.63) is 0 Å². The van der Waals surface area contributed by atoms with Gasteiger partial charge in [0, 0.05) is 12.6 Å². The van der Waals surface area contributed by atoms with E-state index in [1.54, 1.807) is 0 Å². The van der Waals surface area contributed by atoms with Crippen LogP contribution in [0.1, 0.15) is 53.9 Å². The molecule has 0 aromatic rings. The zero-order valence-corrected chi connectivity index (χ0v) is 11.2. The Kier molecular flexibility index (Phi) is 4.22. The van der Waals surface area contributed by atoms with Gasteiger partial charge in [0.25, 0.3) is 0 Å². The number of carbonyl (C=O) groups is 1. The predicted molar refractivity (Wildman–Crippen MR) is 65.4 cm³/mol. The molecule has 0 saturated carbocycles. The molecule has 3 heteroatoms. The van der Waals surface area contributed by atoms with Crippen LogP contribution in [0.5, 0.6) is 0 Å². The van der Waals surface area contributed by atoms with Gasteiger partial charge in [0.05, 0.1) is 0 Å². The minimum atomic E-state index is -0.389. The molecule has 1 saturated heterocycles. The maximum absolute atomic E-state index is 12.0. The molecule has 1 fully saturated rings. The highest BCUT2D eigenvalue weighted by molar-refractivity contribution is 5.69. The molecule has 2 atom stereocenters. The van der Waals surface area contributed by atoms with Gasteiger partial charge in [0.2, 0.25) is 0 Å². The summed E-state index contributed by atoms with van der Waals surface area (Å²) in [6.45, 7) is 10.9. The van der Waals surface area contributed by atoms with Crippen LogP contribution < -0.4 is 0 Å². The topological polar surface area (TPSA) is 29.5 Å². The second kappa shape index (κ2) is 5.07. The molecule has 0 spiro atoms. The lowest BCUT2D eigenvalue weighted by Crippen LogP contribution is -2.39. The monoisotopic (exact) mass is 227 g/mol. The van der Waals surface area contributed by atoms with Crippen LogP contribution in [0.3, 0.4) is 0 Å². The van der Waals surface area contributed by atoms with Gasteiger partial charge in [-0.2, -0.15) is 0 Å². The van der Waals surface area contributed by atoms with Gasteiger partial charge < -0.3 is 9.64 Å². The van der Waals surface area contributed by atoms with Crippen LogP contribution in [0.15, 0.2) is 0 Å². The van der Waals surface area contributed by atoms with Crippen LogP contribution in [0.2, 0.25) is 0 Å². The van der Waals surface area contributed by atoms with Gasteiger partial charge in [-0.05, 0) is 39.5 Å². The van der Waals surface area contributed by atoms with Crippen molar-refractivity contribution >= 4 is 6.09 Å². The summed E-state index contributed by atoms with van der Waals surface area (Å²) in [6.07, 6.45) is 3.16. The van der Waals surface area contributed by atoms with Crippen LogP contribution in [0.25, 0.3) is 0 Å². The molecule has 1 amide bonds. The molecule has 1 heterocycles. The molecule has 0 aliphatic carbocycles. The lowest BCUT2D eigenvalue weighted by atomic mass is 10.0. The number of likely N-dealkylation sites (tertiary alicyclic amines) is 1.